The van der Waals surface area contributed by atoms with Crippen molar-refractivity contribution in [3.8, 4) is 5.75 Å². The van der Waals surface area contributed by atoms with E-state index in [1.165, 1.54) is 43.9 Å². The molecule has 1 saturated carbocycles. The van der Waals surface area contributed by atoms with Gasteiger partial charge in [0.05, 0.1) is 17.7 Å². The number of hydrogen-bond donors (Lipinski definition) is 2. The molecule has 0 spiro atoms. The lowest BCUT2D eigenvalue weighted by molar-refractivity contribution is 0.102. The molecular weight excluding hydrogens is 236 g/mol. The molecule has 0 aliphatic heterocycles. The fourth-order valence-electron chi connectivity index (χ4n) is 2.24. The summed E-state index contributed by atoms with van der Waals surface area (Å²) in [6.07, 6.45) is 4.88. The molecule has 0 amide bonds. The first-order valence-electron chi connectivity index (χ1n) is 5.87. The summed E-state index contributed by atoms with van der Waals surface area (Å²) in [5.41, 5.74) is 6.38. The highest BCUT2D eigenvalue weighted by atomic mass is 32.1. The molecule has 0 bridgehead atoms. The van der Waals surface area contributed by atoms with Gasteiger partial charge in [-0.15, -0.1) is 11.3 Å². The van der Waals surface area contributed by atoms with Crippen molar-refractivity contribution in [3.63, 3.8) is 0 Å². The number of nitrogen functional groups attached to an aromatic ring is 1. The molecule has 94 valence electrons. The van der Waals surface area contributed by atoms with Crippen LogP contribution in [0.2, 0.25) is 0 Å². The number of anilines is 2. The Balaban J connectivity index is 2.25. The van der Waals surface area contributed by atoms with E-state index in [2.05, 4.69) is 5.32 Å². The number of hydrogen-bond acceptors (Lipinski definition) is 5. The molecule has 1 aliphatic rings. The number of ether oxygens (including phenoxy) is 1. The minimum Gasteiger partial charge on any atom is -0.492 e. The van der Waals surface area contributed by atoms with E-state index >= 15 is 0 Å². The number of carbonyl (C=O) groups is 1. The maximum atomic E-state index is 11.4. The zero-order valence-corrected chi connectivity index (χ0v) is 11.0. The molecule has 0 atom stereocenters. The minimum absolute atomic E-state index is 0.00901. The van der Waals surface area contributed by atoms with Gasteiger partial charge in [0.2, 0.25) is 0 Å². The van der Waals surface area contributed by atoms with Crippen LogP contribution in [0.4, 0.5) is 10.7 Å². The lowest BCUT2D eigenvalue weighted by Crippen LogP contribution is -2.13. The average Bonchev–Trinajstić information content (AvgIpc) is 2.87. The summed E-state index contributed by atoms with van der Waals surface area (Å²) in [5, 5.41) is 4.33. The van der Waals surface area contributed by atoms with E-state index in [9.17, 15) is 4.79 Å². The number of ketones is 1. The average molecular weight is 254 g/mol. The van der Waals surface area contributed by atoms with E-state index in [1.807, 2.05) is 0 Å². The van der Waals surface area contributed by atoms with Crippen molar-refractivity contribution < 1.29 is 9.53 Å². The number of Topliss-reactive ketones (excluding diaryl/α,β-unsaturated/α-hetero) is 1. The van der Waals surface area contributed by atoms with Crippen molar-refractivity contribution in [2.75, 3.05) is 18.2 Å². The standard InChI is InChI=1S/C12H18N2O2S/c1-7(15)11-9(13)10(16-2)12(17-11)14-8-5-3-4-6-8/h8,14H,3-6,13H2,1-2H3. The van der Waals surface area contributed by atoms with Gasteiger partial charge in [-0.2, -0.15) is 0 Å². The first-order valence-corrected chi connectivity index (χ1v) is 6.69. The van der Waals surface area contributed by atoms with Crippen LogP contribution in [-0.4, -0.2) is 18.9 Å². The van der Waals surface area contributed by atoms with E-state index in [0.29, 0.717) is 22.4 Å². The Morgan fingerprint density at radius 3 is 2.65 bits per heavy atom. The predicted octanol–water partition coefficient (Wildman–Crippen LogP) is 2.90. The van der Waals surface area contributed by atoms with Crippen LogP contribution in [0, 0.1) is 0 Å². The first kappa shape index (κ1) is 12.2. The minimum atomic E-state index is -0.00901. The molecule has 0 aromatic carbocycles. The van der Waals surface area contributed by atoms with Gasteiger partial charge in [-0.25, -0.2) is 0 Å². The third kappa shape index (κ3) is 2.39. The second kappa shape index (κ2) is 4.96. The van der Waals surface area contributed by atoms with Crippen molar-refractivity contribution in [1.82, 2.24) is 0 Å². The molecule has 17 heavy (non-hydrogen) atoms. The van der Waals surface area contributed by atoms with Gasteiger partial charge >= 0.3 is 0 Å². The van der Waals surface area contributed by atoms with Crippen LogP contribution in [0.25, 0.3) is 0 Å². The summed E-state index contributed by atoms with van der Waals surface area (Å²) in [6, 6.07) is 0.488. The molecule has 1 aliphatic carbocycles. The van der Waals surface area contributed by atoms with Gasteiger partial charge in [-0.05, 0) is 12.8 Å². The topological polar surface area (TPSA) is 64.3 Å². The Morgan fingerprint density at radius 2 is 2.12 bits per heavy atom. The van der Waals surface area contributed by atoms with Gasteiger partial charge in [0.25, 0.3) is 0 Å². The normalized spacial score (nSPS) is 16.1. The zero-order chi connectivity index (χ0) is 12.4. The van der Waals surface area contributed by atoms with Crippen LogP contribution < -0.4 is 15.8 Å². The number of thiophene rings is 1. The van der Waals surface area contributed by atoms with Crippen molar-refractivity contribution in [2.24, 2.45) is 0 Å². The van der Waals surface area contributed by atoms with Gasteiger partial charge in [0, 0.05) is 13.0 Å². The SMILES string of the molecule is COc1c(NC2CCCC2)sc(C(C)=O)c1N. The number of methoxy groups -OCH3 is 1. The fraction of sp³-hybridized carbons (Fsp3) is 0.583. The van der Waals surface area contributed by atoms with Gasteiger partial charge < -0.3 is 15.8 Å². The Labute approximate surface area is 105 Å². The molecule has 1 aromatic rings. The summed E-state index contributed by atoms with van der Waals surface area (Å²) >= 11 is 1.39. The highest BCUT2D eigenvalue weighted by molar-refractivity contribution is 7.19. The highest BCUT2D eigenvalue weighted by Gasteiger charge is 2.22. The monoisotopic (exact) mass is 254 g/mol. The number of nitrogens with one attached hydrogen (secondary N) is 1. The fourth-order valence-corrected chi connectivity index (χ4v) is 3.31. The summed E-state index contributed by atoms with van der Waals surface area (Å²) in [6.45, 7) is 1.53. The van der Waals surface area contributed by atoms with Crippen molar-refractivity contribution in [1.29, 1.82) is 0 Å². The molecule has 3 N–H and O–H groups in total. The predicted molar refractivity (Wildman–Crippen MR) is 71.2 cm³/mol. The largest absolute Gasteiger partial charge is 0.492 e. The molecular formula is C12H18N2O2S. The number of carbonyl (C=O) groups excluding carboxylic acids is 1. The molecule has 5 heteroatoms. The maximum absolute atomic E-state index is 11.4. The number of nitrogens with two attached hydrogens (primary N) is 1. The van der Waals surface area contributed by atoms with Crippen molar-refractivity contribution in [3.05, 3.63) is 4.88 Å². The highest BCUT2D eigenvalue weighted by Crippen LogP contribution is 2.43. The van der Waals surface area contributed by atoms with Crippen LogP contribution in [0.15, 0.2) is 0 Å². The molecule has 4 nitrogen and oxygen atoms in total. The van der Waals surface area contributed by atoms with Crippen LogP contribution >= 0.6 is 11.3 Å². The van der Waals surface area contributed by atoms with Gasteiger partial charge in [0.15, 0.2) is 11.5 Å². The third-order valence-electron chi connectivity index (χ3n) is 3.11. The van der Waals surface area contributed by atoms with E-state index in [-0.39, 0.29) is 5.78 Å². The second-order valence-corrected chi connectivity index (χ2v) is 5.41. The van der Waals surface area contributed by atoms with Gasteiger partial charge in [-0.3, -0.25) is 4.79 Å². The molecule has 1 aromatic heterocycles. The molecule has 2 rings (SSSR count). The van der Waals surface area contributed by atoms with Crippen molar-refractivity contribution in [2.45, 2.75) is 38.6 Å². The Morgan fingerprint density at radius 1 is 1.47 bits per heavy atom. The molecule has 1 fully saturated rings. The van der Waals surface area contributed by atoms with Crippen LogP contribution in [0.3, 0.4) is 0 Å². The number of rotatable bonds is 4. The summed E-state index contributed by atoms with van der Waals surface area (Å²) in [7, 11) is 1.59. The lowest BCUT2D eigenvalue weighted by Gasteiger charge is -2.12. The quantitative estimate of drug-likeness (QED) is 0.811. The third-order valence-corrected chi connectivity index (χ3v) is 4.33. The summed E-state index contributed by atoms with van der Waals surface area (Å²) in [5.74, 6) is 0.609. The second-order valence-electron chi connectivity index (χ2n) is 4.39. The van der Waals surface area contributed by atoms with E-state index in [1.54, 1.807) is 7.11 Å². The Hall–Kier alpha value is -1.23. The first-order chi connectivity index (χ1) is 8.13. The van der Waals surface area contributed by atoms with Crippen molar-refractivity contribution >= 4 is 27.8 Å². The zero-order valence-electron chi connectivity index (χ0n) is 10.2. The summed E-state index contributed by atoms with van der Waals surface area (Å²) < 4.78 is 5.29. The molecule has 0 unspecified atom stereocenters. The van der Waals surface area contributed by atoms with E-state index in [4.69, 9.17) is 10.5 Å². The lowest BCUT2D eigenvalue weighted by atomic mass is 10.2. The van der Waals surface area contributed by atoms with Gasteiger partial charge in [0.1, 0.15) is 5.00 Å². The van der Waals surface area contributed by atoms with Crippen LogP contribution in [0.1, 0.15) is 42.3 Å². The van der Waals surface area contributed by atoms with E-state index in [0.717, 1.165) is 5.00 Å². The Kier molecular flexibility index (Phi) is 3.57. The molecule has 0 saturated heterocycles. The van der Waals surface area contributed by atoms with Gasteiger partial charge in [-0.1, -0.05) is 12.8 Å². The molecule has 1 heterocycles. The summed E-state index contributed by atoms with van der Waals surface area (Å²) in [4.78, 5) is 12.0. The maximum Gasteiger partial charge on any atom is 0.176 e. The van der Waals surface area contributed by atoms with Crippen LogP contribution in [0.5, 0.6) is 5.75 Å². The smallest absolute Gasteiger partial charge is 0.176 e. The van der Waals surface area contributed by atoms with Crippen LogP contribution in [-0.2, 0) is 0 Å². The molecule has 0 radical (unpaired) electrons. The van der Waals surface area contributed by atoms with E-state index < -0.39 is 0 Å². The Bertz CT molecular complexity index is 422.